The summed E-state index contributed by atoms with van der Waals surface area (Å²) in [5.74, 6) is -3.37. The monoisotopic (exact) mass is 435 g/mol. The lowest BCUT2D eigenvalue weighted by Crippen LogP contribution is -2.55. The minimum atomic E-state index is -3.09. The van der Waals surface area contributed by atoms with Gasteiger partial charge in [0.25, 0.3) is 11.8 Å². The maximum atomic E-state index is 14.7. The van der Waals surface area contributed by atoms with Crippen LogP contribution in [-0.2, 0) is 0 Å². The zero-order valence-electron chi connectivity index (χ0n) is 16.9. The van der Waals surface area contributed by atoms with E-state index in [2.05, 4.69) is 15.2 Å². The van der Waals surface area contributed by atoms with Gasteiger partial charge in [0.2, 0.25) is 5.88 Å². The van der Waals surface area contributed by atoms with Crippen LogP contribution in [0.2, 0.25) is 0 Å². The summed E-state index contributed by atoms with van der Waals surface area (Å²) >= 11 is 0. The van der Waals surface area contributed by atoms with Crippen molar-refractivity contribution in [3.8, 4) is 11.6 Å². The number of fused-ring (bicyclic) bond motifs is 1. The smallest absolute Gasteiger partial charge is 0.287 e. The number of hydrogen-bond donors (Lipinski definition) is 0. The summed E-state index contributed by atoms with van der Waals surface area (Å²) in [4.78, 5) is 20.1. The van der Waals surface area contributed by atoms with E-state index < -0.39 is 18.4 Å². The standard InChI is InChI=1S/C23H19F2N5O2/c24-23(25)9-12-29(22(31)18-7-3-4-8-19(18)30-27-10-11-28-30)15-20(23)32-21-13-16-5-1-2-6-17(16)14-26-21/h1-8,10-11,13-14,20H,9,12,15H2. The van der Waals surface area contributed by atoms with Gasteiger partial charge >= 0.3 is 0 Å². The Morgan fingerprint density at radius 1 is 1.03 bits per heavy atom. The molecule has 0 bridgehead atoms. The maximum Gasteiger partial charge on any atom is 0.287 e. The fourth-order valence-corrected chi connectivity index (χ4v) is 3.79. The van der Waals surface area contributed by atoms with Crippen molar-refractivity contribution in [2.45, 2.75) is 18.4 Å². The first-order chi connectivity index (χ1) is 15.5. The molecule has 1 aliphatic heterocycles. The summed E-state index contributed by atoms with van der Waals surface area (Å²) in [6, 6.07) is 15.9. The average molecular weight is 435 g/mol. The Kier molecular flexibility index (Phi) is 5.01. The molecule has 0 N–H and O–H groups in total. The average Bonchev–Trinajstić information content (AvgIpc) is 3.35. The van der Waals surface area contributed by atoms with E-state index in [1.54, 1.807) is 36.5 Å². The summed E-state index contributed by atoms with van der Waals surface area (Å²) in [7, 11) is 0. The molecule has 1 amide bonds. The number of para-hydroxylation sites is 1. The van der Waals surface area contributed by atoms with Crippen LogP contribution in [0.4, 0.5) is 8.78 Å². The Labute approximate surface area is 182 Å². The summed E-state index contributed by atoms with van der Waals surface area (Å²) in [6.45, 7) is -0.348. The zero-order chi connectivity index (χ0) is 22.1. The largest absolute Gasteiger partial charge is 0.466 e. The first kappa shape index (κ1) is 20.0. The van der Waals surface area contributed by atoms with Gasteiger partial charge in [-0.1, -0.05) is 36.4 Å². The predicted molar refractivity (Wildman–Crippen MR) is 113 cm³/mol. The number of alkyl halides is 2. The highest BCUT2D eigenvalue weighted by molar-refractivity contribution is 5.97. The van der Waals surface area contributed by atoms with Crippen molar-refractivity contribution in [3.05, 3.63) is 78.8 Å². The molecule has 0 saturated carbocycles. The van der Waals surface area contributed by atoms with Crippen LogP contribution in [0, 0.1) is 0 Å². The summed E-state index contributed by atoms with van der Waals surface area (Å²) < 4.78 is 35.0. The van der Waals surface area contributed by atoms with E-state index in [0.29, 0.717) is 11.3 Å². The lowest BCUT2D eigenvalue weighted by Gasteiger charge is -2.38. The van der Waals surface area contributed by atoms with Crippen molar-refractivity contribution >= 4 is 16.7 Å². The normalized spacial score (nSPS) is 17.9. The van der Waals surface area contributed by atoms with Gasteiger partial charge < -0.3 is 9.64 Å². The van der Waals surface area contributed by atoms with Gasteiger partial charge in [0, 0.05) is 30.6 Å². The second-order valence-electron chi connectivity index (χ2n) is 7.57. The highest BCUT2D eigenvalue weighted by Crippen LogP contribution is 2.33. The third kappa shape index (κ3) is 3.77. The van der Waals surface area contributed by atoms with Gasteiger partial charge in [-0.2, -0.15) is 15.0 Å². The summed E-state index contributed by atoms with van der Waals surface area (Å²) in [5, 5.41) is 9.87. The minimum absolute atomic E-state index is 0.0856. The van der Waals surface area contributed by atoms with Crippen LogP contribution in [0.3, 0.4) is 0 Å². The Balaban J connectivity index is 1.39. The van der Waals surface area contributed by atoms with Crippen LogP contribution in [0.15, 0.2) is 73.2 Å². The quantitative estimate of drug-likeness (QED) is 0.488. The van der Waals surface area contributed by atoms with Crippen LogP contribution in [-0.4, -0.2) is 55.9 Å². The number of nitrogens with zero attached hydrogens (tertiary/aromatic N) is 5. The molecule has 1 aliphatic rings. The molecule has 0 radical (unpaired) electrons. The van der Waals surface area contributed by atoms with Gasteiger partial charge in [0.05, 0.1) is 30.2 Å². The fraction of sp³-hybridized carbons (Fsp3) is 0.217. The van der Waals surface area contributed by atoms with Crippen LogP contribution in [0.1, 0.15) is 16.8 Å². The van der Waals surface area contributed by atoms with Gasteiger partial charge in [-0.05, 0) is 17.5 Å². The molecule has 5 rings (SSSR count). The van der Waals surface area contributed by atoms with E-state index in [9.17, 15) is 13.6 Å². The fourth-order valence-electron chi connectivity index (χ4n) is 3.79. The molecule has 2 aromatic heterocycles. The molecule has 162 valence electrons. The Morgan fingerprint density at radius 2 is 1.75 bits per heavy atom. The second-order valence-corrected chi connectivity index (χ2v) is 7.57. The second kappa shape index (κ2) is 7.99. The molecule has 9 heteroatoms. The molecule has 1 fully saturated rings. The van der Waals surface area contributed by atoms with E-state index in [1.165, 1.54) is 22.1 Å². The predicted octanol–water partition coefficient (Wildman–Crippen LogP) is 3.74. The number of carbonyl (C=O) groups excluding carboxylic acids is 1. The number of rotatable bonds is 4. The van der Waals surface area contributed by atoms with E-state index >= 15 is 0 Å². The Bertz CT molecular complexity index is 1260. The molecular weight excluding hydrogens is 416 g/mol. The molecule has 7 nitrogen and oxygen atoms in total. The number of amides is 1. The number of pyridine rings is 1. The molecule has 0 spiro atoms. The lowest BCUT2D eigenvalue weighted by molar-refractivity contribution is -0.131. The number of carbonyl (C=O) groups is 1. The van der Waals surface area contributed by atoms with Crippen molar-refractivity contribution in [3.63, 3.8) is 0 Å². The number of benzene rings is 2. The first-order valence-electron chi connectivity index (χ1n) is 10.2. The van der Waals surface area contributed by atoms with E-state index in [0.717, 1.165) is 10.8 Å². The van der Waals surface area contributed by atoms with Gasteiger partial charge in [-0.15, -0.1) is 0 Å². The molecular formula is C23H19F2N5O2. The minimum Gasteiger partial charge on any atom is -0.466 e. The number of aromatic nitrogens is 4. The maximum absolute atomic E-state index is 14.7. The Morgan fingerprint density at radius 3 is 2.56 bits per heavy atom. The lowest BCUT2D eigenvalue weighted by atomic mass is 10.0. The number of halogens is 2. The van der Waals surface area contributed by atoms with Gasteiger partial charge in [0.15, 0.2) is 6.10 Å². The molecule has 4 aromatic rings. The van der Waals surface area contributed by atoms with Gasteiger partial charge in [0.1, 0.15) is 0 Å². The first-order valence-corrected chi connectivity index (χ1v) is 10.2. The van der Waals surface area contributed by atoms with Crippen LogP contribution >= 0.6 is 0 Å². The van der Waals surface area contributed by atoms with Gasteiger partial charge in [-0.25, -0.2) is 13.8 Å². The van der Waals surface area contributed by atoms with Crippen molar-refractivity contribution in [2.75, 3.05) is 13.1 Å². The number of hydrogen-bond acceptors (Lipinski definition) is 5. The molecule has 2 aromatic carbocycles. The highest BCUT2D eigenvalue weighted by Gasteiger charge is 2.47. The number of likely N-dealkylation sites (tertiary alicyclic amines) is 1. The zero-order valence-corrected chi connectivity index (χ0v) is 16.9. The van der Waals surface area contributed by atoms with Crippen LogP contribution in [0.5, 0.6) is 5.88 Å². The molecule has 32 heavy (non-hydrogen) atoms. The molecule has 1 atom stereocenters. The molecule has 1 saturated heterocycles. The molecule has 0 aliphatic carbocycles. The topological polar surface area (TPSA) is 73.1 Å². The van der Waals surface area contributed by atoms with E-state index in [1.807, 2.05) is 24.3 Å². The molecule has 1 unspecified atom stereocenters. The van der Waals surface area contributed by atoms with E-state index in [-0.39, 0.29) is 24.9 Å². The number of piperidine rings is 1. The summed E-state index contributed by atoms with van der Waals surface area (Å²) in [6.07, 6.45) is 2.58. The van der Waals surface area contributed by atoms with E-state index in [4.69, 9.17) is 4.74 Å². The summed E-state index contributed by atoms with van der Waals surface area (Å²) in [5.41, 5.74) is 0.810. The SMILES string of the molecule is O=C(c1ccccc1-n1nccn1)N1CCC(F)(F)C(Oc2cc3ccccc3cn2)C1. The third-order valence-electron chi connectivity index (χ3n) is 5.50. The third-order valence-corrected chi connectivity index (χ3v) is 5.50. The van der Waals surface area contributed by atoms with Crippen LogP contribution < -0.4 is 4.74 Å². The van der Waals surface area contributed by atoms with Gasteiger partial charge in [-0.3, -0.25) is 4.79 Å². The van der Waals surface area contributed by atoms with Crippen molar-refractivity contribution < 1.29 is 18.3 Å². The highest BCUT2D eigenvalue weighted by atomic mass is 19.3. The Hall–Kier alpha value is -3.88. The van der Waals surface area contributed by atoms with Crippen molar-refractivity contribution in [1.29, 1.82) is 0 Å². The van der Waals surface area contributed by atoms with Crippen molar-refractivity contribution in [2.24, 2.45) is 0 Å². The van der Waals surface area contributed by atoms with Crippen LogP contribution in [0.25, 0.3) is 16.5 Å². The molecule has 3 heterocycles. The van der Waals surface area contributed by atoms with Crippen molar-refractivity contribution in [1.82, 2.24) is 24.9 Å². The number of ether oxygens (including phenoxy) is 1.